The van der Waals surface area contributed by atoms with Crippen molar-refractivity contribution < 1.29 is 0 Å². The summed E-state index contributed by atoms with van der Waals surface area (Å²) in [6.07, 6.45) is 3.74. The number of hydrogen-bond donors (Lipinski definition) is 1. The Hall–Kier alpha value is -1.56. The molecule has 1 fully saturated rings. The van der Waals surface area contributed by atoms with Crippen LogP contribution in [0.25, 0.3) is 0 Å². The molecule has 1 aromatic rings. The van der Waals surface area contributed by atoms with Gasteiger partial charge in [0.25, 0.3) is 0 Å². The fraction of sp³-hybridized carbons (Fsp3) is 0.625. The van der Waals surface area contributed by atoms with Gasteiger partial charge in [-0.15, -0.1) is 0 Å². The summed E-state index contributed by atoms with van der Waals surface area (Å²) in [6.45, 7) is 8.48. The van der Waals surface area contributed by atoms with Crippen molar-refractivity contribution in [2.24, 2.45) is 11.8 Å². The molecule has 102 valence electrons. The maximum Gasteiger partial charge on any atom is 0.103 e. The highest BCUT2D eigenvalue weighted by Crippen LogP contribution is 2.36. The molecule has 1 aromatic heterocycles. The van der Waals surface area contributed by atoms with Gasteiger partial charge in [-0.2, -0.15) is 5.26 Å². The minimum absolute atomic E-state index is 0.484. The predicted molar refractivity (Wildman–Crippen MR) is 78.0 cm³/mol. The summed E-state index contributed by atoms with van der Waals surface area (Å²) in [4.78, 5) is 4.37. The van der Waals surface area contributed by atoms with E-state index in [2.05, 4.69) is 30.2 Å². The zero-order chi connectivity index (χ0) is 14.0. The maximum atomic E-state index is 9.30. The summed E-state index contributed by atoms with van der Waals surface area (Å²) in [5, 5.41) is 12.9. The molecule has 0 saturated heterocycles. The van der Waals surface area contributed by atoms with Crippen molar-refractivity contribution in [3.8, 4) is 6.07 Å². The first-order valence-corrected chi connectivity index (χ1v) is 7.21. The van der Waals surface area contributed by atoms with Crippen molar-refractivity contribution >= 4 is 5.69 Å². The molecule has 0 amide bonds. The smallest absolute Gasteiger partial charge is 0.103 e. The molecule has 3 nitrogen and oxygen atoms in total. The molecule has 0 aromatic carbocycles. The van der Waals surface area contributed by atoms with E-state index in [9.17, 15) is 5.26 Å². The fourth-order valence-electron chi connectivity index (χ4n) is 3.31. The minimum Gasteiger partial charge on any atom is -0.381 e. The van der Waals surface area contributed by atoms with E-state index >= 15 is 0 Å². The summed E-state index contributed by atoms with van der Waals surface area (Å²) in [5.74, 6) is 1.48. The minimum atomic E-state index is 0.484. The molecule has 1 aliphatic rings. The Morgan fingerprint density at radius 2 is 2.16 bits per heavy atom. The number of pyridine rings is 1. The van der Waals surface area contributed by atoms with Crippen LogP contribution in [-0.4, -0.2) is 11.0 Å². The van der Waals surface area contributed by atoms with Crippen LogP contribution in [0, 0.1) is 37.0 Å². The zero-order valence-corrected chi connectivity index (χ0v) is 12.3. The average molecular weight is 257 g/mol. The summed E-state index contributed by atoms with van der Waals surface area (Å²) in [5.41, 5.74) is 3.44. The van der Waals surface area contributed by atoms with Crippen molar-refractivity contribution in [3.05, 3.63) is 23.0 Å². The monoisotopic (exact) mass is 257 g/mol. The Balaban J connectivity index is 2.23. The third kappa shape index (κ3) is 2.73. The number of nitrogens with zero attached hydrogens (tertiary/aromatic N) is 2. The zero-order valence-electron chi connectivity index (χ0n) is 12.3. The molecule has 1 saturated carbocycles. The third-order valence-electron chi connectivity index (χ3n) is 4.53. The highest BCUT2D eigenvalue weighted by molar-refractivity contribution is 5.60. The van der Waals surface area contributed by atoms with E-state index < -0.39 is 0 Å². The Morgan fingerprint density at radius 1 is 1.42 bits per heavy atom. The van der Waals surface area contributed by atoms with Crippen LogP contribution in [0.15, 0.2) is 6.07 Å². The standard InChI is InChI=1S/C16H23N3/c1-5-13-6-7-15(11(13)3)19-16-8-10(2)18-12(4)14(16)9-17/h8,11,13,15H,5-7H2,1-4H3,(H,18,19). The number of rotatable bonds is 3. The number of aromatic nitrogens is 1. The van der Waals surface area contributed by atoms with Crippen molar-refractivity contribution in [1.82, 2.24) is 4.98 Å². The quantitative estimate of drug-likeness (QED) is 0.895. The largest absolute Gasteiger partial charge is 0.381 e. The Labute approximate surface area is 116 Å². The Kier molecular flexibility index (Phi) is 4.09. The third-order valence-corrected chi connectivity index (χ3v) is 4.53. The van der Waals surface area contributed by atoms with Gasteiger partial charge in [0.1, 0.15) is 6.07 Å². The van der Waals surface area contributed by atoms with E-state index in [0.717, 1.165) is 23.0 Å². The van der Waals surface area contributed by atoms with Crippen molar-refractivity contribution in [3.63, 3.8) is 0 Å². The first-order chi connectivity index (χ1) is 9.06. The van der Waals surface area contributed by atoms with Crippen LogP contribution in [0.4, 0.5) is 5.69 Å². The maximum absolute atomic E-state index is 9.30. The van der Waals surface area contributed by atoms with Gasteiger partial charge in [-0.25, -0.2) is 0 Å². The van der Waals surface area contributed by atoms with Crippen LogP contribution in [-0.2, 0) is 0 Å². The van der Waals surface area contributed by atoms with Gasteiger partial charge in [-0.05, 0) is 44.6 Å². The van der Waals surface area contributed by atoms with Crippen molar-refractivity contribution in [1.29, 1.82) is 5.26 Å². The molecule has 0 aliphatic heterocycles. The van der Waals surface area contributed by atoms with Crippen LogP contribution >= 0.6 is 0 Å². The average Bonchev–Trinajstić information content (AvgIpc) is 2.70. The van der Waals surface area contributed by atoms with Gasteiger partial charge in [-0.3, -0.25) is 4.98 Å². The number of anilines is 1. The molecule has 0 bridgehead atoms. The van der Waals surface area contributed by atoms with E-state index in [0.29, 0.717) is 17.5 Å². The van der Waals surface area contributed by atoms with Crippen LogP contribution in [0.5, 0.6) is 0 Å². The molecule has 1 heterocycles. The van der Waals surface area contributed by atoms with E-state index in [1.54, 1.807) is 0 Å². The molecule has 3 atom stereocenters. The normalized spacial score (nSPS) is 26.2. The van der Waals surface area contributed by atoms with Gasteiger partial charge in [-0.1, -0.05) is 20.3 Å². The van der Waals surface area contributed by atoms with E-state index in [1.165, 1.54) is 19.3 Å². The highest BCUT2D eigenvalue weighted by atomic mass is 14.9. The first-order valence-electron chi connectivity index (χ1n) is 7.21. The van der Waals surface area contributed by atoms with E-state index in [1.807, 2.05) is 19.9 Å². The van der Waals surface area contributed by atoms with Crippen LogP contribution in [0.2, 0.25) is 0 Å². The van der Waals surface area contributed by atoms with E-state index in [4.69, 9.17) is 0 Å². The van der Waals surface area contributed by atoms with Crippen molar-refractivity contribution in [2.45, 2.75) is 53.0 Å². The number of nitrogens with one attached hydrogen (secondary N) is 1. The number of hydrogen-bond acceptors (Lipinski definition) is 3. The molecule has 1 N–H and O–H groups in total. The highest BCUT2D eigenvalue weighted by Gasteiger charge is 2.31. The van der Waals surface area contributed by atoms with Gasteiger partial charge in [0.15, 0.2) is 0 Å². The molecular formula is C16H23N3. The Bertz CT molecular complexity index is 501. The van der Waals surface area contributed by atoms with Gasteiger partial charge in [0.2, 0.25) is 0 Å². The SMILES string of the molecule is CCC1CCC(Nc2cc(C)nc(C)c2C#N)C1C. The summed E-state index contributed by atoms with van der Waals surface area (Å²) < 4.78 is 0. The number of nitriles is 1. The molecular weight excluding hydrogens is 234 g/mol. The summed E-state index contributed by atoms with van der Waals surface area (Å²) >= 11 is 0. The van der Waals surface area contributed by atoms with Crippen LogP contribution < -0.4 is 5.32 Å². The second-order valence-corrected chi connectivity index (χ2v) is 5.74. The van der Waals surface area contributed by atoms with E-state index in [-0.39, 0.29) is 0 Å². The van der Waals surface area contributed by atoms with Crippen LogP contribution in [0.1, 0.15) is 50.1 Å². The molecule has 3 heteroatoms. The lowest BCUT2D eigenvalue weighted by atomic mass is 9.93. The molecule has 0 radical (unpaired) electrons. The number of aryl methyl sites for hydroxylation is 2. The molecule has 19 heavy (non-hydrogen) atoms. The molecule has 0 spiro atoms. The second kappa shape index (κ2) is 5.61. The second-order valence-electron chi connectivity index (χ2n) is 5.74. The topological polar surface area (TPSA) is 48.7 Å². The lowest BCUT2D eigenvalue weighted by molar-refractivity contribution is 0.392. The first kappa shape index (κ1) is 13.9. The van der Waals surface area contributed by atoms with Gasteiger partial charge in [0.05, 0.1) is 16.9 Å². The summed E-state index contributed by atoms with van der Waals surface area (Å²) in [7, 11) is 0. The van der Waals surface area contributed by atoms with Gasteiger partial charge < -0.3 is 5.32 Å². The molecule has 2 rings (SSSR count). The van der Waals surface area contributed by atoms with Crippen molar-refractivity contribution in [2.75, 3.05) is 5.32 Å². The van der Waals surface area contributed by atoms with Gasteiger partial charge >= 0.3 is 0 Å². The molecule has 3 unspecified atom stereocenters. The fourth-order valence-corrected chi connectivity index (χ4v) is 3.31. The summed E-state index contributed by atoms with van der Waals surface area (Å²) in [6, 6.07) is 4.76. The van der Waals surface area contributed by atoms with Gasteiger partial charge in [0, 0.05) is 11.7 Å². The van der Waals surface area contributed by atoms with Crippen LogP contribution in [0.3, 0.4) is 0 Å². The lowest BCUT2D eigenvalue weighted by Gasteiger charge is -2.23. The molecule has 1 aliphatic carbocycles. The Morgan fingerprint density at radius 3 is 2.74 bits per heavy atom. The lowest BCUT2D eigenvalue weighted by Crippen LogP contribution is -2.25. The predicted octanol–water partition coefficient (Wildman–Crippen LogP) is 3.81.